The van der Waals surface area contributed by atoms with Gasteiger partial charge in [-0.1, -0.05) is 24.4 Å². The highest BCUT2D eigenvalue weighted by Crippen LogP contribution is 2.41. The molecule has 3 aliphatic rings. The van der Waals surface area contributed by atoms with Crippen LogP contribution in [0, 0.1) is 5.92 Å². The molecule has 11 heteroatoms. The summed E-state index contributed by atoms with van der Waals surface area (Å²) in [4.78, 5) is 31.1. The summed E-state index contributed by atoms with van der Waals surface area (Å²) in [7, 11) is 2.99. The van der Waals surface area contributed by atoms with E-state index >= 15 is 0 Å². The predicted molar refractivity (Wildman–Crippen MR) is 115 cm³/mol. The fourth-order valence-electron chi connectivity index (χ4n) is 5.09. The highest BCUT2D eigenvalue weighted by molar-refractivity contribution is 5.87. The van der Waals surface area contributed by atoms with Crippen LogP contribution >= 0.6 is 0 Å². The van der Waals surface area contributed by atoms with Gasteiger partial charge in [0.15, 0.2) is 0 Å². The summed E-state index contributed by atoms with van der Waals surface area (Å²) in [5, 5.41) is 6.68. The molecule has 32 heavy (non-hydrogen) atoms. The zero-order valence-electron chi connectivity index (χ0n) is 19.6. The number of hydrogen-bond donors (Lipinski definition) is 1. The fourth-order valence-corrected chi connectivity index (χ4v) is 5.09. The van der Waals surface area contributed by atoms with E-state index < -0.39 is 41.7 Å². The molecular formula is C21H35N5O6. The van der Waals surface area contributed by atoms with E-state index in [0.29, 0.717) is 0 Å². The lowest BCUT2D eigenvalue weighted by Crippen LogP contribution is -2.60. The number of likely N-dealkylation sites (tertiary alicyclic amines) is 1. The van der Waals surface area contributed by atoms with E-state index in [1.54, 1.807) is 25.7 Å². The average molecular weight is 454 g/mol. The van der Waals surface area contributed by atoms with Crippen molar-refractivity contribution in [1.82, 2.24) is 10.2 Å². The summed E-state index contributed by atoms with van der Waals surface area (Å²) in [6, 6.07) is -1.94. The Morgan fingerprint density at radius 1 is 1.22 bits per heavy atom. The second-order valence-corrected chi connectivity index (χ2v) is 9.73. The third-order valence-corrected chi connectivity index (χ3v) is 6.57. The van der Waals surface area contributed by atoms with Gasteiger partial charge < -0.3 is 29.2 Å². The first kappa shape index (κ1) is 24.6. The van der Waals surface area contributed by atoms with Crippen LogP contribution in [0.3, 0.4) is 0 Å². The van der Waals surface area contributed by atoms with Gasteiger partial charge in [-0.15, -0.1) is 0 Å². The van der Waals surface area contributed by atoms with Crippen molar-refractivity contribution >= 4 is 12.0 Å². The van der Waals surface area contributed by atoms with Crippen molar-refractivity contribution < 1.29 is 28.5 Å². The van der Waals surface area contributed by atoms with Crippen LogP contribution < -0.4 is 5.32 Å². The van der Waals surface area contributed by atoms with Crippen LogP contribution in [0.4, 0.5) is 4.79 Å². The maximum atomic E-state index is 13.9. The molecule has 3 rings (SSSR count). The third-order valence-electron chi connectivity index (χ3n) is 6.57. The molecule has 0 radical (unpaired) electrons. The van der Waals surface area contributed by atoms with Gasteiger partial charge in [-0.3, -0.25) is 4.79 Å². The lowest BCUT2D eigenvalue weighted by atomic mass is 9.83. The van der Waals surface area contributed by atoms with Gasteiger partial charge in [-0.2, -0.15) is 0 Å². The number of nitrogens with one attached hydrogen (secondary N) is 1. The van der Waals surface area contributed by atoms with Crippen LogP contribution in [0.15, 0.2) is 5.11 Å². The Morgan fingerprint density at radius 3 is 2.44 bits per heavy atom. The molecule has 0 aromatic rings. The van der Waals surface area contributed by atoms with Crippen LogP contribution in [-0.4, -0.2) is 79.9 Å². The van der Waals surface area contributed by atoms with Crippen molar-refractivity contribution in [2.45, 2.75) is 88.5 Å². The Hall–Kier alpha value is -2.07. The Bertz CT molecular complexity index is 739. The number of ether oxygens (including phenoxy) is 4. The molecule has 0 aromatic heterocycles. The third kappa shape index (κ3) is 4.96. The Kier molecular flexibility index (Phi) is 7.54. The van der Waals surface area contributed by atoms with E-state index in [9.17, 15) is 9.59 Å². The van der Waals surface area contributed by atoms with E-state index in [4.69, 9.17) is 24.5 Å². The van der Waals surface area contributed by atoms with Gasteiger partial charge in [0.1, 0.15) is 24.3 Å². The molecule has 180 valence electrons. The van der Waals surface area contributed by atoms with Gasteiger partial charge in [0.05, 0.1) is 12.1 Å². The molecule has 1 N–H and O–H groups in total. The molecule has 4 unspecified atom stereocenters. The molecule has 4 atom stereocenters. The minimum Gasteiger partial charge on any atom is -0.444 e. The fraction of sp³-hybridized carbons (Fsp3) is 0.905. The SMILES string of the molecule is COC1(OC)COC2C(N=[N+]=[N-])CN(C(=O)C(NC(=O)OC(C)(C)C)C3CCCCC3)C21. The number of nitrogens with zero attached hydrogens (tertiary/aromatic N) is 4. The predicted octanol–water partition coefficient (Wildman–Crippen LogP) is 2.74. The van der Waals surface area contributed by atoms with Crippen LogP contribution in [0.2, 0.25) is 0 Å². The first-order valence-electron chi connectivity index (χ1n) is 11.2. The summed E-state index contributed by atoms with van der Waals surface area (Å²) < 4.78 is 22.6. The summed E-state index contributed by atoms with van der Waals surface area (Å²) in [5.74, 6) is -1.46. The van der Waals surface area contributed by atoms with Crippen LogP contribution in [-0.2, 0) is 23.7 Å². The lowest BCUT2D eigenvalue weighted by Gasteiger charge is -2.39. The standard InChI is InChI=1S/C21H35N5O6/c1-20(2,3)32-19(28)23-15(13-9-7-6-8-10-13)18(27)26-11-14(24-25-22)16-17(26)21(29-4,30-5)12-31-16/h13-17H,6-12H2,1-5H3,(H,23,28). The maximum absolute atomic E-state index is 13.9. The largest absolute Gasteiger partial charge is 0.444 e. The van der Waals surface area contributed by atoms with Crippen molar-refractivity contribution in [2.24, 2.45) is 11.0 Å². The van der Waals surface area contributed by atoms with Crippen molar-refractivity contribution in [1.29, 1.82) is 0 Å². The molecule has 2 amide bonds. The normalized spacial score (nSPS) is 28.5. The number of carbonyl (C=O) groups is 2. The van der Waals surface area contributed by atoms with Gasteiger partial charge in [-0.05, 0) is 45.1 Å². The van der Waals surface area contributed by atoms with Gasteiger partial charge in [0, 0.05) is 25.7 Å². The second-order valence-electron chi connectivity index (χ2n) is 9.73. The minimum absolute atomic E-state index is 0.0115. The first-order valence-corrected chi connectivity index (χ1v) is 11.2. The Labute approximate surface area is 188 Å². The molecule has 2 heterocycles. The van der Waals surface area contributed by atoms with Crippen LogP contribution in [0.5, 0.6) is 0 Å². The molecule has 0 spiro atoms. The van der Waals surface area contributed by atoms with E-state index in [-0.39, 0.29) is 25.0 Å². The van der Waals surface area contributed by atoms with Crippen molar-refractivity contribution in [3.8, 4) is 0 Å². The van der Waals surface area contributed by atoms with Gasteiger partial charge in [0.25, 0.3) is 0 Å². The number of fused-ring (bicyclic) bond motifs is 1. The molecule has 1 saturated carbocycles. The van der Waals surface area contributed by atoms with E-state index in [1.165, 1.54) is 14.2 Å². The zero-order chi connectivity index (χ0) is 23.5. The summed E-state index contributed by atoms with van der Waals surface area (Å²) in [6.07, 6.45) is 3.61. The number of rotatable bonds is 6. The molecule has 2 saturated heterocycles. The topological polar surface area (TPSA) is 135 Å². The maximum Gasteiger partial charge on any atom is 0.408 e. The molecule has 0 aromatic carbocycles. The van der Waals surface area contributed by atoms with E-state index in [1.807, 2.05) is 0 Å². The summed E-state index contributed by atoms with van der Waals surface area (Å²) in [5.41, 5.74) is 8.34. The number of alkyl carbamates (subject to hydrolysis) is 1. The van der Waals surface area contributed by atoms with Gasteiger partial charge in [-0.25, -0.2) is 4.79 Å². The Morgan fingerprint density at radius 2 is 1.88 bits per heavy atom. The number of methoxy groups -OCH3 is 2. The van der Waals surface area contributed by atoms with Crippen molar-refractivity contribution in [2.75, 3.05) is 27.4 Å². The molecule has 2 aliphatic heterocycles. The average Bonchev–Trinajstić information content (AvgIpc) is 3.30. The number of azide groups is 1. The quantitative estimate of drug-likeness (QED) is 0.284. The number of amides is 2. The van der Waals surface area contributed by atoms with Crippen LogP contribution in [0.25, 0.3) is 10.4 Å². The lowest BCUT2D eigenvalue weighted by molar-refractivity contribution is -0.227. The first-order chi connectivity index (χ1) is 15.2. The molecular weight excluding hydrogens is 418 g/mol. The molecule has 11 nitrogen and oxygen atoms in total. The van der Waals surface area contributed by atoms with Crippen molar-refractivity contribution in [3.63, 3.8) is 0 Å². The second kappa shape index (κ2) is 9.82. The summed E-state index contributed by atoms with van der Waals surface area (Å²) in [6.45, 7) is 5.60. The van der Waals surface area contributed by atoms with Crippen LogP contribution in [0.1, 0.15) is 52.9 Å². The van der Waals surface area contributed by atoms with Gasteiger partial charge in [0.2, 0.25) is 11.7 Å². The monoisotopic (exact) mass is 453 g/mol. The van der Waals surface area contributed by atoms with Gasteiger partial charge >= 0.3 is 6.09 Å². The minimum atomic E-state index is -1.18. The molecule has 3 fully saturated rings. The van der Waals surface area contributed by atoms with Crippen molar-refractivity contribution in [3.05, 3.63) is 10.4 Å². The molecule has 1 aliphatic carbocycles. The van der Waals surface area contributed by atoms with E-state index in [2.05, 4.69) is 15.3 Å². The number of hydrogen-bond acceptors (Lipinski definition) is 7. The zero-order valence-corrected chi connectivity index (χ0v) is 19.6. The van der Waals surface area contributed by atoms with E-state index in [0.717, 1.165) is 32.1 Å². The highest BCUT2D eigenvalue weighted by atomic mass is 16.7. The smallest absolute Gasteiger partial charge is 0.408 e. The number of carbonyl (C=O) groups excluding carboxylic acids is 2. The highest BCUT2D eigenvalue weighted by Gasteiger charge is 2.62. The molecule has 0 bridgehead atoms. The Balaban J connectivity index is 1.90. The summed E-state index contributed by atoms with van der Waals surface area (Å²) >= 11 is 0.